The predicted molar refractivity (Wildman–Crippen MR) is 81.8 cm³/mol. The van der Waals surface area contributed by atoms with E-state index < -0.39 is 0 Å². The molecule has 0 amide bonds. The fourth-order valence-corrected chi connectivity index (χ4v) is 3.50. The first-order valence-corrected chi connectivity index (χ1v) is 7.75. The van der Waals surface area contributed by atoms with Gasteiger partial charge in [-0.25, -0.2) is 0 Å². The Morgan fingerprint density at radius 1 is 1.15 bits per heavy atom. The van der Waals surface area contributed by atoms with E-state index in [1.807, 2.05) is 48.2 Å². The van der Waals surface area contributed by atoms with Crippen LogP contribution in [0, 0.1) is 0 Å². The Labute approximate surface area is 123 Å². The molecule has 1 aliphatic heterocycles. The molecular weight excluding hydrogens is 268 g/mol. The molecule has 0 fully saturated rings. The number of carbonyl (C=O) groups is 1. The molecule has 0 saturated heterocycles. The highest BCUT2D eigenvalue weighted by Gasteiger charge is 2.20. The van der Waals surface area contributed by atoms with E-state index in [1.54, 1.807) is 0 Å². The van der Waals surface area contributed by atoms with Crippen molar-refractivity contribution in [2.24, 2.45) is 0 Å². The maximum absolute atomic E-state index is 10.6. The summed E-state index contributed by atoms with van der Waals surface area (Å²) < 4.78 is 5.69. The Morgan fingerprint density at radius 2 is 1.95 bits per heavy atom. The molecular formula is C17H16O2S. The fourth-order valence-electron chi connectivity index (χ4n) is 2.43. The maximum atomic E-state index is 10.6. The molecule has 0 radical (unpaired) electrons. The number of ether oxygens (including phenoxy) is 1. The molecule has 1 atom stereocenters. The second-order valence-corrected chi connectivity index (χ2v) is 5.96. The Kier molecular flexibility index (Phi) is 4.07. The molecule has 2 aromatic rings. The van der Waals surface area contributed by atoms with Crippen LogP contribution in [0.3, 0.4) is 0 Å². The van der Waals surface area contributed by atoms with E-state index in [-0.39, 0.29) is 0 Å². The van der Waals surface area contributed by atoms with Crippen LogP contribution in [0.25, 0.3) is 0 Å². The number of carbonyl (C=O) groups excluding carboxylic acids is 1. The third-order valence-electron chi connectivity index (χ3n) is 3.55. The molecule has 1 aliphatic rings. The van der Waals surface area contributed by atoms with Crippen LogP contribution in [0.4, 0.5) is 0 Å². The van der Waals surface area contributed by atoms with Gasteiger partial charge in [0.25, 0.3) is 0 Å². The highest BCUT2D eigenvalue weighted by molar-refractivity contribution is 7.99. The summed E-state index contributed by atoms with van der Waals surface area (Å²) >= 11 is 1.84. The Bertz CT molecular complexity index is 592. The van der Waals surface area contributed by atoms with Gasteiger partial charge in [-0.1, -0.05) is 30.3 Å². The molecule has 3 heteroatoms. The van der Waals surface area contributed by atoms with Crippen LogP contribution >= 0.6 is 11.8 Å². The predicted octanol–water partition coefficient (Wildman–Crippen LogP) is 4.16. The molecule has 0 spiro atoms. The van der Waals surface area contributed by atoms with Crippen LogP contribution in [0.2, 0.25) is 0 Å². The monoisotopic (exact) mass is 284 g/mol. The average Bonchev–Trinajstić information content (AvgIpc) is 2.53. The second kappa shape index (κ2) is 6.14. The van der Waals surface area contributed by atoms with Crippen LogP contribution < -0.4 is 4.74 Å². The summed E-state index contributed by atoms with van der Waals surface area (Å²) in [7, 11) is 0. The van der Waals surface area contributed by atoms with Gasteiger partial charge in [0.15, 0.2) is 0 Å². The highest BCUT2D eigenvalue weighted by Crippen LogP contribution is 2.36. The highest BCUT2D eigenvalue weighted by atomic mass is 32.2. The van der Waals surface area contributed by atoms with Crippen molar-refractivity contribution < 1.29 is 9.53 Å². The summed E-state index contributed by atoms with van der Waals surface area (Å²) in [6, 6.07) is 16.1. The van der Waals surface area contributed by atoms with Crippen LogP contribution in [-0.2, 0) is 0 Å². The number of rotatable bonds is 4. The molecule has 1 heterocycles. The van der Waals surface area contributed by atoms with Crippen LogP contribution in [0.1, 0.15) is 28.3 Å². The van der Waals surface area contributed by atoms with E-state index in [4.69, 9.17) is 4.74 Å². The van der Waals surface area contributed by atoms with Crippen molar-refractivity contribution in [3.05, 3.63) is 59.7 Å². The fraction of sp³-hybridized carbons (Fsp3) is 0.235. The maximum Gasteiger partial charge on any atom is 0.150 e. The molecule has 0 aliphatic carbocycles. The van der Waals surface area contributed by atoms with Crippen molar-refractivity contribution >= 4 is 18.0 Å². The van der Waals surface area contributed by atoms with E-state index in [0.29, 0.717) is 5.92 Å². The Hall–Kier alpha value is -1.74. The van der Waals surface area contributed by atoms with Crippen LogP contribution in [0.15, 0.2) is 53.4 Å². The molecule has 0 saturated carbocycles. The lowest BCUT2D eigenvalue weighted by Crippen LogP contribution is -2.15. The van der Waals surface area contributed by atoms with Gasteiger partial charge in [-0.3, -0.25) is 4.79 Å². The molecule has 0 bridgehead atoms. The van der Waals surface area contributed by atoms with Gasteiger partial charge in [0.1, 0.15) is 12.0 Å². The largest absolute Gasteiger partial charge is 0.493 e. The second-order valence-electron chi connectivity index (χ2n) is 4.87. The number of hydrogen-bond acceptors (Lipinski definition) is 3. The average molecular weight is 284 g/mol. The first-order chi connectivity index (χ1) is 9.86. The van der Waals surface area contributed by atoms with E-state index in [9.17, 15) is 4.79 Å². The van der Waals surface area contributed by atoms with Crippen molar-refractivity contribution in [2.45, 2.75) is 17.2 Å². The molecule has 2 nitrogen and oxygen atoms in total. The molecule has 20 heavy (non-hydrogen) atoms. The van der Waals surface area contributed by atoms with Crippen molar-refractivity contribution in [2.75, 3.05) is 12.4 Å². The molecule has 102 valence electrons. The number of aldehydes is 1. The third kappa shape index (κ3) is 2.88. The van der Waals surface area contributed by atoms with Gasteiger partial charge in [0.05, 0.1) is 6.61 Å². The van der Waals surface area contributed by atoms with Gasteiger partial charge in [-0.05, 0) is 30.2 Å². The standard InChI is InChI=1S/C17H16O2S/c18-11-13-5-7-15(8-6-13)20-12-14-9-10-19-17-4-2-1-3-16(14)17/h1-8,11,14H,9-10,12H2. The zero-order chi connectivity index (χ0) is 13.8. The summed E-state index contributed by atoms with van der Waals surface area (Å²) in [5.41, 5.74) is 2.04. The summed E-state index contributed by atoms with van der Waals surface area (Å²) in [6.45, 7) is 0.798. The molecule has 1 unspecified atom stereocenters. The number of benzene rings is 2. The number of fused-ring (bicyclic) bond motifs is 1. The minimum absolute atomic E-state index is 0.538. The van der Waals surface area contributed by atoms with E-state index >= 15 is 0 Å². The van der Waals surface area contributed by atoms with Crippen molar-refractivity contribution in [3.63, 3.8) is 0 Å². The van der Waals surface area contributed by atoms with E-state index in [2.05, 4.69) is 12.1 Å². The zero-order valence-corrected chi connectivity index (χ0v) is 11.9. The minimum Gasteiger partial charge on any atom is -0.493 e. The summed E-state index contributed by atoms with van der Waals surface area (Å²) in [5.74, 6) is 2.61. The SMILES string of the molecule is O=Cc1ccc(SCC2CCOc3ccccc32)cc1. The number of thioether (sulfide) groups is 1. The Balaban J connectivity index is 1.68. The lowest BCUT2D eigenvalue weighted by molar-refractivity contribution is 0.112. The van der Waals surface area contributed by atoms with Crippen molar-refractivity contribution in [1.82, 2.24) is 0 Å². The van der Waals surface area contributed by atoms with Crippen LogP contribution in [0.5, 0.6) is 5.75 Å². The third-order valence-corrected chi connectivity index (χ3v) is 4.72. The van der Waals surface area contributed by atoms with Gasteiger partial charge in [0, 0.05) is 22.1 Å². The normalized spacial score (nSPS) is 17.1. The lowest BCUT2D eigenvalue weighted by atomic mass is 9.95. The van der Waals surface area contributed by atoms with Gasteiger partial charge in [-0.15, -0.1) is 11.8 Å². The first kappa shape index (κ1) is 13.3. The summed E-state index contributed by atoms with van der Waals surface area (Å²) in [4.78, 5) is 11.8. The number of hydrogen-bond donors (Lipinski definition) is 0. The minimum atomic E-state index is 0.538. The smallest absolute Gasteiger partial charge is 0.150 e. The molecule has 0 aromatic heterocycles. The lowest BCUT2D eigenvalue weighted by Gasteiger charge is -2.25. The van der Waals surface area contributed by atoms with Gasteiger partial charge < -0.3 is 4.74 Å². The van der Waals surface area contributed by atoms with E-state index in [1.165, 1.54) is 10.5 Å². The quantitative estimate of drug-likeness (QED) is 0.623. The number of para-hydroxylation sites is 1. The van der Waals surface area contributed by atoms with Crippen molar-refractivity contribution in [3.8, 4) is 5.75 Å². The van der Waals surface area contributed by atoms with Gasteiger partial charge >= 0.3 is 0 Å². The summed E-state index contributed by atoms with van der Waals surface area (Å²) in [5, 5.41) is 0. The topological polar surface area (TPSA) is 26.3 Å². The molecule has 3 rings (SSSR count). The van der Waals surface area contributed by atoms with Crippen molar-refractivity contribution in [1.29, 1.82) is 0 Å². The van der Waals surface area contributed by atoms with Crippen LogP contribution in [-0.4, -0.2) is 18.6 Å². The van der Waals surface area contributed by atoms with Gasteiger partial charge in [0.2, 0.25) is 0 Å². The first-order valence-electron chi connectivity index (χ1n) is 6.76. The molecule has 2 aromatic carbocycles. The Morgan fingerprint density at radius 3 is 2.75 bits per heavy atom. The molecule has 0 N–H and O–H groups in total. The zero-order valence-electron chi connectivity index (χ0n) is 11.1. The summed E-state index contributed by atoms with van der Waals surface area (Å²) in [6.07, 6.45) is 1.94. The van der Waals surface area contributed by atoms with Gasteiger partial charge in [-0.2, -0.15) is 0 Å². The van der Waals surface area contributed by atoms with E-state index in [0.717, 1.165) is 36.4 Å².